The Bertz CT molecular complexity index is 339. The molecule has 0 amide bonds. The molecule has 0 radical (unpaired) electrons. The summed E-state index contributed by atoms with van der Waals surface area (Å²) in [5.74, 6) is 0.349. The molecule has 1 unspecified atom stereocenters. The molecule has 0 heterocycles. The maximum atomic E-state index is 13.1. The van der Waals surface area contributed by atoms with Crippen molar-refractivity contribution in [2.45, 2.75) is 39.5 Å². The van der Waals surface area contributed by atoms with E-state index in [4.69, 9.17) is 0 Å². The van der Waals surface area contributed by atoms with Gasteiger partial charge in [0.05, 0.1) is 0 Å². The molecular formula is C14H19F. The molecule has 0 aliphatic rings. The number of aryl methyl sites for hydroxylation is 1. The van der Waals surface area contributed by atoms with Gasteiger partial charge in [-0.1, -0.05) is 38.1 Å². The van der Waals surface area contributed by atoms with Gasteiger partial charge >= 0.3 is 0 Å². The van der Waals surface area contributed by atoms with Gasteiger partial charge in [-0.05, 0) is 42.9 Å². The zero-order valence-corrected chi connectivity index (χ0v) is 9.76. The van der Waals surface area contributed by atoms with Crippen LogP contribution < -0.4 is 0 Å². The largest absolute Gasteiger partial charge is 0.207 e. The minimum absolute atomic E-state index is 0.116. The van der Waals surface area contributed by atoms with Gasteiger partial charge in [0.25, 0.3) is 0 Å². The van der Waals surface area contributed by atoms with Crippen LogP contribution in [0.3, 0.4) is 0 Å². The predicted octanol–water partition coefficient (Wildman–Crippen LogP) is 4.59. The smallest absolute Gasteiger partial charge is 0.126 e. The first-order chi connectivity index (χ1) is 7.15. The number of hydrogen-bond donors (Lipinski definition) is 0. The molecule has 1 heteroatoms. The normalized spacial score (nSPS) is 13.3. The zero-order chi connectivity index (χ0) is 11.3. The quantitative estimate of drug-likeness (QED) is 0.632. The van der Waals surface area contributed by atoms with E-state index >= 15 is 0 Å². The Balaban J connectivity index is 2.69. The summed E-state index contributed by atoms with van der Waals surface area (Å²) in [6.45, 7) is 6.11. The third-order valence-corrected chi connectivity index (χ3v) is 2.64. The molecule has 0 N–H and O–H groups in total. The highest BCUT2D eigenvalue weighted by atomic mass is 19.1. The van der Waals surface area contributed by atoms with Crippen LogP contribution in [-0.2, 0) is 0 Å². The monoisotopic (exact) mass is 206 g/mol. The second-order valence-electron chi connectivity index (χ2n) is 4.03. The van der Waals surface area contributed by atoms with Crippen LogP contribution in [0.1, 0.15) is 43.7 Å². The summed E-state index contributed by atoms with van der Waals surface area (Å²) in [4.78, 5) is 0. The molecule has 1 atom stereocenters. The highest BCUT2D eigenvalue weighted by Gasteiger charge is 2.05. The van der Waals surface area contributed by atoms with Crippen LogP contribution in [0.25, 0.3) is 0 Å². The van der Waals surface area contributed by atoms with E-state index in [1.807, 2.05) is 19.1 Å². The van der Waals surface area contributed by atoms with Crippen molar-refractivity contribution < 1.29 is 4.39 Å². The van der Waals surface area contributed by atoms with Crippen LogP contribution in [0.2, 0.25) is 0 Å². The Labute approximate surface area is 91.8 Å². The molecule has 1 aromatic carbocycles. The summed E-state index contributed by atoms with van der Waals surface area (Å²) >= 11 is 0. The predicted molar refractivity (Wildman–Crippen MR) is 63.6 cm³/mol. The molecule has 0 bridgehead atoms. The second kappa shape index (κ2) is 5.69. The number of halogens is 1. The molecule has 0 saturated carbocycles. The number of hydrogen-bond acceptors (Lipinski definition) is 0. The highest BCUT2D eigenvalue weighted by molar-refractivity contribution is 5.26. The zero-order valence-electron chi connectivity index (χ0n) is 9.76. The lowest BCUT2D eigenvalue weighted by molar-refractivity contribution is 0.616. The molecule has 0 saturated heterocycles. The third-order valence-electron chi connectivity index (χ3n) is 2.64. The van der Waals surface area contributed by atoms with Crippen LogP contribution in [0.5, 0.6) is 0 Å². The van der Waals surface area contributed by atoms with Crippen molar-refractivity contribution in [3.8, 4) is 0 Å². The lowest BCUT2D eigenvalue weighted by Crippen LogP contribution is -1.94. The topological polar surface area (TPSA) is 0 Å². The molecule has 0 aliphatic heterocycles. The van der Waals surface area contributed by atoms with E-state index in [2.05, 4.69) is 26.0 Å². The Hall–Kier alpha value is -1.11. The van der Waals surface area contributed by atoms with Crippen molar-refractivity contribution in [1.29, 1.82) is 0 Å². The van der Waals surface area contributed by atoms with Gasteiger partial charge in [0.15, 0.2) is 0 Å². The summed E-state index contributed by atoms with van der Waals surface area (Å²) in [5.41, 5.74) is 1.95. The van der Waals surface area contributed by atoms with Crippen molar-refractivity contribution in [3.05, 3.63) is 47.3 Å². The van der Waals surface area contributed by atoms with E-state index < -0.39 is 0 Å². The van der Waals surface area contributed by atoms with Crippen LogP contribution in [-0.4, -0.2) is 0 Å². The SMILES string of the molecule is CC/C=C\CC(C)c1ccc(F)c(C)c1. The van der Waals surface area contributed by atoms with Gasteiger partial charge in [0.2, 0.25) is 0 Å². The van der Waals surface area contributed by atoms with Crippen molar-refractivity contribution in [2.75, 3.05) is 0 Å². The number of rotatable bonds is 4. The molecule has 1 aromatic rings. The summed E-state index contributed by atoms with van der Waals surface area (Å²) in [6, 6.07) is 5.39. The Kier molecular flexibility index (Phi) is 4.54. The average Bonchev–Trinajstić information content (AvgIpc) is 2.22. The summed E-state index contributed by atoms with van der Waals surface area (Å²) in [6.07, 6.45) is 6.48. The molecular weight excluding hydrogens is 187 g/mol. The fourth-order valence-corrected chi connectivity index (χ4v) is 1.58. The Morgan fingerprint density at radius 1 is 1.33 bits per heavy atom. The number of allylic oxidation sites excluding steroid dienone is 2. The fourth-order valence-electron chi connectivity index (χ4n) is 1.58. The van der Waals surface area contributed by atoms with Crippen LogP contribution in [0.15, 0.2) is 30.4 Å². The van der Waals surface area contributed by atoms with Crippen molar-refractivity contribution >= 4 is 0 Å². The number of benzene rings is 1. The molecule has 0 fully saturated rings. The summed E-state index contributed by atoms with van der Waals surface area (Å²) in [7, 11) is 0. The molecule has 0 aliphatic carbocycles. The molecule has 0 aromatic heterocycles. The summed E-state index contributed by atoms with van der Waals surface area (Å²) in [5, 5.41) is 0. The third kappa shape index (κ3) is 3.50. The van der Waals surface area contributed by atoms with E-state index in [9.17, 15) is 4.39 Å². The molecule has 82 valence electrons. The molecule has 15 heavy (non-hydrogen) atoms. The van der Waals surface area contributed by atoms with E-state index in [1.165, 1.54) is 5.56 Å². The van der Waals surface area contributed by atoms with E-state index in [-0.39, 0.29) is 5.82 Å². The lowest BCUT2D eigenvalue weighted by atomic mass is 9.96. The van der Waals surface area contributed by atoms with E-state index in [0.29, 0.717) is 5.92 Å². The fraction of sp³-hybridized carbons (Fsp3) is 0.429. The molecule has 1 rings (SSSR count). The van der Waals surface area contributed by atoms with Gasteiger partial charge in [-0.2, -0.15) is 0 Å². The van der Waals surface area contributed by atoms with Crippen LogP contribution in [0, 0.1) is 12.7 Å². The Morgan fingerprint density at radius 2 is 2.07 bits per heavy atom. The first kappa shape index (κ1) is 12.0. The minimum Gasteiger partial charge on any atom is -0.207 e. The minimum atomic E-state index is -0.116. The van der Waals surface area contributed by atoms with Crippen molar-refractivity contribution in [1.82, 2.24) is 0 Å². The van der Waals surface area contributed by atoms with Gasteiger partial charge in [-0.25, -0.2) is 4.39 Å². The van der Waals surface area contributed by atoms with Gasteiger partial charge in [-0.15, -0.1) is 0 Å². The van der Waals surface area contributed by atoms with Crippen LogP contribution >= 0.6 is 0 Å². The van der Waals surface area contributed by atoms with Gasteiger partial charge in [0, 0.05) is 0 Å². The first-order valence-electron chi connectivity index (χ1n) is 5.56. The van der Waals surface area contributed by atoms with Crippen LogP contribution in [0.4, 0.5) is 4.39 Å². The maximum absolute atomic E-state index is 13.1. The maximum Gasteiger partial charge on any atom is 0.126 e. The second-order valence-corrected chi connectivity index (χ2v) is 4.03. The van der Waals surface area contributed by atoms with E-state index in [0.717, 1.165) is 18.4 Å². The van der Waals surface area contributed by atoms with Gasteiger partial charge in [0.1, 0.15) is 5.82 Å². The lowest BCUT2D eigenvalue weighted by Gasteiger charge is -2.10. The summed E-state index contributed by atoms with van der Waals surface area (Å²) < 4.78 is 13.1. The highest BCUT2D eigenvalue weighted by Crippen LogP contribution is 2.21. The molecule has 0 nitrogen and oxygen atoms in total. The average molecular weight is 206 g/mol. The first-order valence-corrected chi connectivity index (χ1v) is 5.56. The standard InChI is InChI=1S/C14H19F/c1-4-5-6-7-11(2)13-8-9-14(15)12(3)10-13/h5-6,8-11H,4,7H2,1-3H3/b6-5-. The van der Waals surface area contributed by atoms with E-state index in [1.54, 1.807) is 6.07 Å². The van der Waals surface area contributed by atoms with Crippen molar-refractivity contribution in [3.63, 3.8) is 0 Å². The van der Waals surface area contributed by atoms with Gasteiger partial charge < -0.3 is 0 Å². The van der Waals surface area contributed by atoms with Crippen molar-refractivity contribution in [2.24, 2.45) is 0 Å². The van der Waals surface area contributed by atoms with Gasteiger partial charge in [-0.3, -0.25) is 0 Å². The molecule has 0 spiro atoms. The Morgan fingerprint density at radius 3 is 2.67 bits per heavy atom.